The van der Waals surface area contributed by atoms with Crippen molar-refractivity contribution in [1.82, 2.24) is 14.9 Å². The van der Waals surface area contributed by atoms with Gasteiger partial charge in [0, 0.05) is 24.8 Å². The Labute approximate surface area is 115 Å². The molecule has 1 N–H and O–H groups in total. The van der Waals surface area contributed by atoms with Crippen molar-refractivity contribution < 1.29 is 4.74 Å². The normalized spacial score (nSPS) is 17.4. The summed E-state index contributed by atoms with van der Waals surface area (Å²) < 4.78 is 5.15. The molecule has 1 aliphatic heterocycles. The third kappa shape index (κ3) is 4.35. The SMILES string of the molecule is COc1cc(C)nc(NCC(C)CN2CCCC2)n1. The van der Waals surface area contributed by atoms with Gasteiger partial charge >= 0.3 is 0 Å². The number of rotatable bonds is 6. The average molecular weight is 264 g/mol. The summed E-state index contributed by atoms with van der Waals surface area (Å²) in [5, 5.41) is 3.31. The highest BCUT2D eigenvalue weighted by Crippen LogP contribution is 2.13. The molecule has 0 aliphatic carbocycles. The van der Waals surface area contributed by atoms with E-state index in [1.54, 1.807) is 7.11 Å². The van der Waals surface area contributed by atoms with Crippen LogP contribution in [-0.4, -0.2) is 48.2 Å². The molecule has 1 fully saturated rings. The van der Waals surface area contributed by atoms with Gasteiger partial charge in [0.05, 0.1) is 7.11 Å². The van der Waals surface area contributed by atoms with Crippen LogP contribution >= 0.6 is 0 Å². The lowest BCUT2D eigenvalue weighted by Crippen LogP contribution is -2.29. The van der Waals surface area contributed by atoms with E-state index in [-0.39, 0.29) is 0 Å². The second-order valence-electron chi connectivity index (χ2n) is 5.37. The van der Waals surface area contributed by atoms with Gasteiger partial charge in [0.2, 0.25) is 11.8 Å². The number of hydrogen-bond acceptors (Lipinski definition) is 5. The summed E-state index contributed by atoms with van der Waals surface area (Å²) in [5.74, 6) is 1.86. The van der Waals surface area contributed by atoms with Crippen LogP contribution < -0.4 is 10.1 Å². The molecule has 0 saturated carbocycles. The average Bonchev–Trinajstić information content (AvgIpc) is 2.88. The lowest BCUT2D eigenvalue weighted by molar-refractivity contribution is 0.294. The first-order valence-electron chi connectivity index (χ1n) is 7.03. The van der Waals surface area contributed by atoms with Crippen LogP contribution in [0.2, 0.25) is 0 Å². The molecular weight excluding hydrogens is 240 g/mol. The van der Waals surface area contributed by atoms with Gasteiger partial charge in [-0.2, -0.15) is 4.98 Å². The van der Waals surface area contributed by atoms with E-state index in [4.69, 9.17) is 4.74 Å². The van der Waals surface area contributed by atoms with Crippen molar-refractivity contribution in [2.45, 2.75) is 26.7 Å². The van der Waals surface area contributed by atoms with Gasteiger partial charge in [-0.25, -0.2) is 4.98 Å². The summed E-state index contributed by atoms with van der Waals surface area (Å²) in [6, 6.07) is 1.83. The monoisotopic (exact) mass is 264 g/mol. The summed E-state index contributed by atoms with van der Waals surface area (Å²) in [6.07, 6.45) is 2.69. The summed E-state index contributed by atoms with van der Waals surface area (Å²) in [6.45, 7) is 8.75. The number of anilines is 1. The molecule has 0 spiro atoms. The largest absolute Gasteiger partial charge is 0.481 e. The number of hydrogen-bond donors (Lipinski definition) is 1. The van der Waals surface area contributed by atoms with Crippen molar-refractivity contribution in [2.75, 3.05) is 38.6 Å². The van der Waals surface area contributed by atoms with Crippen LogP contribution in [0.3, 0.4) is 0 Å². The summed E-state index contributed by atoms with van der Waals surface area (Å²) in [5.41, 5.74) is 0.918. The number of likely N-dealkylation sites (tertiary alicyclic amines) is 1. The molecule has 1 unspecified atom stereocenters. The minimum atomic E-state index is 0.591. The smallest absolute Gasteiger partial charge is 0.226 e. The van der Waals surface area contributed by atoms with Crippen LogP contribution in [0.25, 0.3) is 0 Å². The van der Waals surface area contributed by atoms with Crippen LogP contribution in [0, 0.1) is 12.8 Å². The molecule has 0 radical (unpaired) electrons. The summed E-state index contributed by atoms with van der Waals surface area (Å²) in [4.78, 5) is 11.2. The number of ether oxygens (including phenoxy) is 1. The van der Waals surface area contributed by atoms with E-state index in [0.717, 1.165) is 18.8 Å². The predicted octanol–water partition coefficient (Wildman–Crippen LogP) is 1.94. The molecule has 1 aromatic heterocycles. The maximum Gasteiger partial charge on any atom is 0.226 e. The van der Waals surface area contributed by atoms with Crippen LogP contribution in [-0.2, 0) is 0 Å². The van der Waals surface area contributed by atoms with Crippen LogP contribution in [0.15, 0.2) is 6.07 Å². The second kappa shape index (κ2) is 6.70. The third-order valence-corrected chi connectivity index (χ3v) is 3.42. The Hall–Kier alpha value is -1.36. The molecule has 19 heavy (non-hydrogen) atoms. The number of aromatic nitrogens is 2. The van der Waals surface area contributed by atoms with E-state index in [1.165, 1.54) is 25.9 Å². The maximum atomic E-state index is 5.15. The molecule has 1 saturated heterocycles. The fraction of sp³-hybridized carbons (Fsp3) is 0.714. The van der Waals surface area contributed by atoms with Crippen molar-refractivity contribution in [1.29, 1.82) is 0 Å². The van der Waals surface area contributed by atoms with Crippen LogP contribution in [0.5, 0.6) is 5.88 Å². The van der Waals surface area contributed by atoms with E-state index in [1.807, 2.05) is 13.0 Å². The Balaban J connectivity index is 1.82. The Bertz CT molecular complexity index is 404. The molecule has 2 heterocycles. The fourth-order valence-electron chi connectivity index (χ4n) is 2.46. The molecule has 1 aliphatic rings. The van der Waals surface area contributed by atoms with Crippen molar-refractivity contribution in [3.63, 3.8) is 0 Å². The summed E-state index contributed by atoms with van der Waals surface area (Å²) in [7, 11) is 1.63. The predicted molar refractivity (Wildman–Crippen MR) is 76.6 cm³/mol. The molecule has 106 valence electrons. The molecule has 1 atom stereocenters. The number of methoxy groups -OCH3 is 1. The van der Waals surface area contributed by atoms with Crippen molar-refractivity contribution in [3.8, 4) is 5.88 Å². The van der Waals surface area contributed by atoms with E-state index in [9.17, 15) is 0 Å². The summed E-state index contributed by atoms with van der Waals surface area (Å²) >= 11 is 0. The molecule has 5 heteroatoms. The lowest BCUT2D eigenvalue weighted by atomic mass is 10.1. The third-order valence-electron chi connectivity index (χ3n) is 3.42. The first-order chi connectivity index (χ1) is 9.17. The Morgan fingerprint density at radius 2 is 2.11 bits per heavy atom. The topological polar surface area (TPSA) is 50.3 Å². The Morgan fingerprint density at radius 1 is 1.37 bits per heavy atom. The van der Waals surface area contributed by atoms with Gasteiger partial charge in [0.1, 0.15) is 0 Å². The van der Waals surface area contributed by atoms with Crippen LogP contribution in [0.4, 0.5) is 5.95 Å². The molecule has 0 aromatic carbocycles. The van der Waals surface area contributed by atoms with Crippen molar-refractivity contribution in [3.05, 3.63) is 11.8 Å². The standard InChI is InChI=1S/C14H24N4O/c1-11(10-18-6-4-5-7-18)9-15-14-16-12(2)8-13(17-14)19-3/h8,11H,4-7,9-10H2,1-3H3,(H,15,16,17). The highest BCUT2D eigenvalue weighted by atomic mass is 16.5. The molecule has 2 rings (SSSR count). The highest BCUT2D eigenvalue weighted by Gasteiger charge is 2.14. The molecular formula is C14H24N4O. The van der Waals surface area contributed by atoms with E-state index < -0.39 is 0 Å². The number of nitrogens with zero attached hydrogens (tertiary/aromatic N) is 3. The lowest BCUT2D eigenvalue weighted by Gasteiger charge is -2.20. The number of nitrogens with one attached hydrogen (secondary N) is 1. The minimum absolute atomic E-state index is 0.591. The number of aryl methyl sites for hydroxylation is 1. The zero-order chi connectivity index (χ0) is 13.7. The first-order valence-corrected chi connectivity index (χ1v) is 7.03. The highest BCUT2D eigenvalue weighted by molar-refractivity contribution is 5.30. The van der Waals surface area contributed by atoms with Gasteiger partial charge in [-0.05, 0) is 38.8 Å². The fourth-order valence-corrected chi connectivity index (χ4v) is 2.46. The Morgan fingerprint density at radius 3 is 2.79 bits per heavy atom. The van der Waals surface area contributed by atoms with Gasteiger partial charge in [-0.1, -0.05) is 6.92 Å². The van der Waals surface area contributed by atoms with Gasteiger partial charge < -0.3 is 15.0 Å². The zero-order valence-corrected chi connectivity index (χ0v) is 12.1. The van der Waals surface area contributed by atoms with E-state index in [0.29, 0.717) is 17.7 Å². The van der Waals surface area contributed by atoms with Gasteiger partial charge in [0.15, 0.2) is 0 Å². The maximum absolute atomic E-state index is 5.15. The van der Waals surface area contributed by atoms with Crippen LogP contribution in [0.1, 0.15) is 25.5 Å². The minimum Gasteiger partial charge on any atom is -0.481 e. The Kier molecular flexibility index (Phi) is 4.96. The molecule has 1 aromatic rings. The van der Waals surface area contributed by atoms with Gasteiger partial charge in [-0.3, -0.25) is 0 Å². The molecule has 0 amide bonds. The molecule has 0 bridgehead atoms. The van der Waals surface area contributed by atoms with E-state index >= 15 is 0 Å². The van der Waals surface area contributed by atoms with Crippen molar-refractivity contribution >= 4 is 5.95 Å². The van der Waals surface area contributed by atoms with Gasteiger partial charge in [0.25, 0.3) is 0 Å². The zero-order valence-electron chi connectivity index (χ0n) is 12.1. The van der Waals surface area contributed by atoms with Crippen molar-refractivity contribution in [2.24, 2.45) is 5.92 Å². The quantitative estimate of drug-likeness (QED) is 0.851. The first kappa shape index (κ1) is 14.1. The molecule has 5 nitrogen and oxygen atoms in total. The van der Waals surface area contributed by atoms with Gasteiger partial charge in [-0.15, -0.1) is 0 Å². The van der Waals surface area contributed by atoms with E-state index in [2.05, 4.69) is 27.1 Å². The second-order valence-corrected chi connectivity index (χ2v) is 5.37.